The molecule has 0 aromatic heterocycles. The fraction of sp³-hybridized carbons (Fsp3) is 0.640. The maximum Gasteiger partial charge on any atom is 0.231 e. The smallest absolute Gasteiger partial charge is 0.231 e. The maximum absolute atomic E-state index is 12.9. The summed E-state index contributed by atoms with van der Waals surface area (Å²) in [7, 11) is 0. The Morgan fingerprint density at radius 2 is 1.87 bits per heavy atom. The van der Waals surface area contributed by atoms with Gasteiger partial charge in [0.05, 0.1) is 0 Å². The molecule has 0 spiro atoms. The molecule has 6 nitrogen and oxygen atoms in total. The molecule has 0 radical (unpaired) electrons. The van der Waals surface area contributed by atoms with Crippen LogP contribution in [0, 0.1) is 0 Å². The lowest BCUT2D eigenvalue weighted by atomic mass is 9.96. The first kappa shape index (κ1) is 20.8. The molecule has 2 saturated heterocycles. The van der Waals surface area contributed by atoms with E-state index in [0.29, 0.717) is 25.2 Å². The Morgan fingerprint density at radius 3 is 2.71 bits per heavy atom. The Balaban J connectivity index is 1.10. The number of allylic oxidation sites excluding steroid dienone is 1. The molecule has 0 bridgehead atoms. The van der Waals surface area contributed by atoms with Gasteiger partial charge in [0, 0.05) is 58.3 Å². The van der Waals surface area contributed by atoms with Gasteiger partial charge in [0.25, 0.3) is 0 Å². The van der Waals surface area contributed by atoms with E-state index in [2.05, 4.69) is 32.9 Å². The van der Waals surface area contributed by atoms with Crippen LogP contribution >= 0.6 is 0 Å². The van der Waals surface area contributed by atoms with Gasteiger partial charge in [0.2, 0.25) is 12.7 Å². The Labute approximate surface area is 185 Å². The summed E-state index contributed by atoms with van der Waals surface area (Å²) in [6.45, 7) is 7.45. The number of fused-ring (bicyclic) bond motifs is 1. The highest BCUT2D eigenvalue weighted by molar-refractivity contribution is 5.78. The summed E-state index contributed by atoms with van der Waals surface area (Å²) in [4.78, 5) is 20.2. The third kappa shape index (κ3) is 5.07. The number of benzene rings is 1. The quantitative estimate of drug-likeness (QED) is 0.677. The molecule has 4 aliphatic rings. The van der Waals surface area contributed by atoms with Gasteiger partial charge in [-0.2, -0.15) is 0 Å². The minimum absolute atomic E-state index is 0.329. The summed E-state index contributed by atoms with van der Waals surface area (Å²) in [5.74, 6) is 2.07. The Morgan fingerprint density at radius 1 is 1.00 bits per heavy atom. The Kier molecular flexibility index (Phi) is 6.46. The van der Waals surface area contributed by atoms with E-state index in [-0.39, 0.29) is 0 Å². The fourth-order valence-electron chi connectivity index (χ4n) is 5.43. The standard InChI is InChI=1S/C25H35N3O3/c29-25(16-20-5-2-1-3-6-20)28-10-4-7-22(18-28)27-13-11-26(12-14-27)17-21-8-9-23-24(15-21)31-19-30-23/h5,8-9,15,22H,1-4,6-7,10-14,16-19H2/t22-/m0/s1. The molecule has 0 unspecified atom stereocenters. The van der Waals surface area contributed by atoms with Crippen molar-refractivity contribution in [1.29, 1.82) is 0 Å². The summed E-state index contributed by atoms with van der Waals surface area (Å²) < 4.78 is 10.9. The minimum Gasteiger partial charge on any atom is -0.454 e. The molecule has 1 aromatic carbocycles. The number of carbonyl (C=O) groups excluding carboxylic acids is 1. The molecule has 0 saturated carbocycles. The zero-order valence-corrected chi connectivity index (χ0v) is 18.6. The van der Waals surface area contributed by atoms with Crippen molar-refractivity contribution in [2.75, 3.05) is 46.1 Å². The molecule has 1 aliphatic carbocycles. The number of likely N-dealkylation sites (tertiary alicyclic amines) is 1. The van der Waals surface area contributed by atoms with E-state index in [1.807, 2.05) is 6.07 Å². The van der Waals surface area contributed by atoms with Crippen molar-refractivity contribution in [3.8, 4) is 11.5 Å². The highest BCUT2D eigenvalue weighted by Gasteiger charge is 2.30. The molecule has 5 rings (SSSR count). The van der Waals surface area contributed by atoms with Gasteiger partial charge in [0.1, 0.15) is 0 Å². The SMILES string of the molecule is O=C(CC1=CCCCC1)N1CCC[C@H](N2CCN(Cc3ccc4c(c3)OCO4)CC2)C1. The number of rotatable bonds is 5. The third-order valence-corrected chi connectivity index (χ3v) is 7.28. The molecular weight excluding hydrogens is 390 g/mol. The molecule has 1 amide bonds. The normalized spacial score (nSPS) is 24.8. The summed E-state index contributed by atoms with van der Waals surface area (Å²) in [6, 6.07) is 6.80. The number of piperidine rings is 1. The van der Waals surface area contributed by atoms with Crippen LogP contribution in [-0.2, 0) is 11.3 Å². The fourth-order valence-corrected chi connectivity index (χ4v) is 5.43. The number of hydrogen-bond donors (Lipinski definition) is 0. The van der Waals surface area contributed by atoms with Crippen molar-refractivity contribution < 1.29 is 14.3 Å². The first-order chi connectivity index (χ1) is 15.2. The van der Waals surface area contributed by atoms with E-state index in [9.17, 15) is 4.79 Å². The second kappa shape index (κ2) is 9.61. The monoisotopic (exact) mass is 425 g/mol. The first-order valence-corrected chi connectivity index (χ1v) is 12.1. The van der Waals surface area contributed by atoms with Gasteiger partial charge in [-0.1, -0.05) is 17.7 Å². The van der Waals surface area contributed by atoms with Crippen molar-refractivity contribution in [2.24, 2.45) is 0 Å². The molecule has 6 heteroatoms. The van der Waals surface area contributed by atoms with Crippen molar-refractivity contribution in [1.82, 2.24) is 14.7 Å². The van der Waals surface area contributed by atoms with Crippen LogP contribution in [0.5, 0.6) is 11.5 Å². The first-order valence-electron chi connectivity index (χ1n) is 12.1. The van der Waals surface area contributed by atoms with Gasteiger partial charge in [-0.3, -0.25) is 14.6 Å². The summed E-state index contributed by atoms with van der Waals surface area (Å²) in [5.41, 5.74) is 2.65. The molecule has 2 fully saturated rings. The molecule has 1 aromatic rings. The van der Waals surface area contributed by atoms with Gasteiger partial charge in [-0.15, -0.1) is 0 Å². The average molecular weight is 426 g/mol. The Bertz CT molecular complexity index is 816. The highest BCUT2D eigenvalue weighted by Crippen LogP contribution is 2.33. The lowest BCUT2D eigenvalue weighted by Gasteiger charge is -2.43. The van der Waals surface area contributed by atoms with E-state index < -0.39 is 0 Å². The molecule has 31 heavy (non-hydrogen) atoms. The Hall–Kier alpha value is -2.05. The van der Waals surface area contributed by atoms with Crippen LogP contribution < -0.4 is 9.47 Å². The number of amides is 1. The van der Waals surface area contributed by atoms with E-state index in [1.54, 1.807) is 0 Å². The van der Waals surface area contributed by atoms with Crippen molar-refractivity contribution in [3.63, 3.8) is 0 Å². The average Bonchev–Trinajstić information content (AvgIpc) is 3.28. The molecular formula is C25H35N3O3. The molecule has 1 atom stereocenters. The van der Waals surface area contributed by atoms with Crippen LogP contribution in [0.15, 0.2) is 29.8 Å². The van der Waals surface area contributed by atoms with E-state index in [1.165, 1.54) is 30.4 Å². The van der Waals surface area contributed by atoms with Crippen LogP contribution in [0.3, 0.4) is 0 Å². The number of hydrogen-bond acceptors (Lipinski definition) is 5. The van der Waals surface area contributed by atoms with Crippen LogP contribution in [0.1, 0.15) is 50.5 Å². The van der Waals surface area contributed by atoms with Gasteiger partial charge in [-0.05, 0) is 56.2 Å². The molecule has 3 aliphatic heterocycles. The van der Waals surface area contributed by atoms with E-state index >= 15 is 0 Å². The van der Waals surface area contributed by atoms with Crippen molar-refractivity contribution >= 4 is 5.91 Å². The second-order valence-electron chi connectivity index (χ2n) is 9.42. The van der Waals surface area contributed by atoms with E-state index in [0.717, 1.165) is 76.6 Å². The van der Waals surface area contributed by atoms with Gasteiger partial charge in [0.15, 0.2) is 11.5 Å². The largest absolute Gasteiger partial charge is 0.454 e. The number of nitrogens with zero attached hydrogens (tertiary/aromatic N) is 3. The second-order valence-corrected chi connectivity index (χ2v) is 9.42. The number of piperazine rings is 1. The van der Waals surface area contributed by atoms with E-state index in [4.69, 9.17) is 9.47 Å². The summed E-state index contributed by atoms with van der Waals surface area (Å²) >= 11 is 0. The van der Waals surface area contributed by atoms with Crippen LogP contribution in [0.4, 0.5) is 0 Å². The predicted octanol–water partition coefficient (Wildman–Crippen LogP) is 3.41. The van der Waals surface area contributed by atoms with Crippen LogP contribution in [0.2, 0.25) is 0 Å². The van der Waals surface area contributed by atoms with Crippen LogP contribution in [-0.4, -0.2) is 72.7 Å². The lowest BCUT2D eigenvalue weighted by molar-refractivity contribution is -0.132. The lowest BCUT2D eigenvalue weighted by Crippen LogP contribution is -2.55. The number of ether oxygens (including phenoxy) is 2. The third-order valence-electron chi connectivity index (χ3n) is 7.28. The van der Waals surface area contributed by atoms with Crippen LogP contribution in [0.25, 0.3) is 0 Å². The zero-order chi connectivity index (χ0) is 21.0. The van der Waals surface area contributed by atoms with Gasteiger partial charge in [-0.25, -0.2) is 0 Å². The maximum atomic E-state index is 12.9. The van der Waals surface area contributed by atoms with Crippen molar-refractivity contribution in [3.05, 3.63) is 35.4 Å². The molecule has 0 N–H and O–H groups in total. The minimum atomic E-state index is 0.329. The topological polar surface area (TPSA) is 45.3 Å². The summed E-state index contributed by atoms with van der Waals surface area (Å²) in [6.07, 6.45) is 10.1. The predicted molar refractivity (Wildman–Crippen MR) is 120 cm³/mol. The highest BCUT2D eigenvalue weighted by atomic mass is 16.7. The zero-order valence-electron chi connectivity index (χ0n) is 18.6. The van der Waals surface area contributed by atoms with Gasteiger partial charge >= 0.3 is 0 Å². The molecule has 168 valence electrons. The number of carbonyl (C=O) groups is 1. The molecule has 3 heterocycles. The van der Waals surface area contributed by atoms with Gasteiger partial charge < -0.3 is 14.4 Å². The van der Waals surface area contributed by atoms with Crippen molar-refractivity contribution in [2.45, 2.75) is 57.5 Å². The summed E-state index contributed by atoms with van der Waals surface area (Å²) in [5, 5.41) is 0.